The number of imidazole rings is 1. The number of fused-ring (bicyclic) bond motifs is 3. The van der Waals surface area contributed by atoms with E-state index in [4.69, 9.17) is 9.47 Å². The van der Waals surface area contributed by atoms with E-state index in [9.17, 15) is 9.18 Å². The van der Waals surface area contributed by atoms with Crippen molar-refractivity contribution in [3.63, 3.8) is 0 Å². The zero-order valence-corrected chi connectivity index (χ0v) is 20.0. The van der Waals surface area contributed by atoms with Crippen molar-refractivity contribution in [2.45, 2.75) is 20.0 Å². The molecule has 0 unspecified atom stereocenters. The highest BCUT2D eigenvalue weighted by molar-refractivity contribution is 7.15. The number of hydrogen-bond donors (Lipinski definition) is 0. The Balaban J connectivity index is 1.57. The fourth-order valence-electron chi connectivity index (χ4n) is 4.00. The maximum absolute atomic E-state index is 13.3. The number of benzene rings is 3. The van der Waals surface area contributed by atoms with Crippen molar-refractivity contribution >= 4 is 33.4 Å². The number of hydrogen-bond acceptors (Lipinski definition) is 5. The highest BCUT2D eigenvalue weighted by Crippen LogP contribution is 2.35. The Morgan fingerprint density at radius 2 is 1.91 bits per heavy atom. The van der Waals surface area contributed by atoms with E-state index in [1.54, 1.807) is 22.6 Å². The van der Waals surface area contributed by atoms with E-state index in [-0.39, 0.29) is 18.0 Å². The standard InChI is InChI=1S/C28H23FN2O3S/c1-3-7-20-14-19(15-24(33-4-2)26(20)34-17-18-10-12-21(29)13-11-18)16-25-27(32)31-23-9-6-5-8-22(23)30-28(31)35-25/h3,5-6,8-16H,1,4,7,17H2,2H3. The van der Waals surface area contributed by atoms with Crippen LogP contribution >= 0.6 is 11.3 Å². The van der Waals surface area contributed by atoms with Crippen molar-refractivity contribution in [1.82, 2.24) is 9.38 Å². The largest absolute Gasteiger partial charge is 0.490 e. The molecule has 5 rings (SSSR count). The lowest BCUT2D eigenvalue weighted by molar-refractivity contribution is 0.267. The topological polar surface area (TPSA) is 52.8 Å². The monoisotopic (exact) mass is 486 g/mol. The molecule has 0 spiro atoms. The lowest BCUT2D eigenvalue weighted by Gasteiger charge is -2.17. The summed E-state index contributed by atoms with van der Waals surface area (Å²) in [5.41, 5.74) is 4.06. The Morgan fingerprint density at radius 1 is 1.11 bits per heavy atom. The summed E-state index contributed by atoms with van der Waals surface area (Å²) in [6.07, 6.45) is 4.21. The zero-order valence-electron chi connectivity index (χ0n) is 19.2. The van der Waals surface area contributed by atoms with Crippen LogP contribution in [0.2, 0.25) is 0 Å². The fraction of sp³-hybridized carbons (Fsp3) is 0.143. The molecule has 7 heteroatoms. The Kier molecular flexibility index (Phi) is 6.33. The van der Waals surface area contributed by atoms with Crippen molar-refractivity contribution in [3.05, 3.63) is 111 Å². The molecule has 0 bridgehead atoms. The van der Waals surface area contributed by atoms with Crippen molar-refractivity contribution in [2.24, 2.45) is 0 Å². The molecule has 5 nitrogen and oxygen atoms in total. The summed E-state index contributed by atoms with van der Waals surface area (Å²) in [6.45, 7) is 6.50. The van der Waals surface area contributed by atoms with Gasteiger partial charge in [0.1, 0.15) is 12.4 Å². The maximum atomic E-state index is 13.3. The van der Waals surface area contributed by atoms with Gasteiger partial charge in [0.25, 0.3) is 5.56 Å². The molecule has 0 aliphatic carbocycles. The third-order valence-corrected chi connectivity index (χ3v) is 6.53. The number of allylic oxidation sites excluding steroid dienone is 1. The molecule has 0 amide bonds. The van der Waals surface area contributed by atoms with Crippen molar-refractivity contribution in [3.8, 4) is 11.5 Å². The first kappa shape index (κ1) is 22.8. The first-order valence-electron chi connectivity index (χ1n) is 11.3. The number of rotatable bonds is 8. The van der Waals surface area contributed by atoms with Gasteiger partial charge in [-0.05, 0) is 66.9 Å². The van der Waals surface area contributed by atoms with Crippen molar-refractivity contribution < 1.29 is 13.9 Å². The zero-order chi connectivity index (χ0) is 24.4. The maximum Gasteiger partial charge on any atom is 0.274 e. The fourth-order valence-corrected chi connectivity index (χ4v) is 4.99. The van der Waals surface area contributed by atoms with Crippen LogP contribution in [0.25, 0.3) is 22.1 Å². The van der Waals surface area contributed by atoms with Crippen LogP contribution in [0.5, 0.6) is 11.5 Å². The summed E-state index contributed by atoms with van der Waals surface area (Å²) in [7, 11) is 0. The molecule has 0 atom stereocenters. The van der Waals surface area contributed by atoms with Crippen LogP contribution in [0.4, 0.5) is 4.39 Å². The minimum Gasteiger partial charge on any atom is -0.490 e. The first-order chi connectivity index (χ1) is 17.1. The molecule has 0 fully saturated rings. The predicted molar refractivity (Wildman–Crippen MR) is 138 cm³/mol. The van der Waals surface area contributed by atoms with Crippen LogP contribution < -0.4 is 19.6 Å². The smallest absolute Gasteiger partial charge is 0.274 e. The van der Waals surface area contributed by atoms with E-state index in [0.717, 1.165) is 27.7 Å². The summed E-state index contributed by atoms with van der Waals surface area (Å²) >= 11 is 1.36. The summed E-state index contributed by atoms with van der Waals surface area (Å²) < 4.78 is 27.5. The molecule has 0 N–H and O–H groups in total. The van der Waals surface area contributed by atoms with E-state index in [1.807, 2.05) is 49.4 Å². The molecule has 0 saturated heterocycles. The van der Waals surface area contributed by atoms with Gasteiger partial charge in [0.2, 0.25) is 0 Å². The van der Waals surface area contributed by atoms with Crippen LogP contribution in [0.3, 0.4) is 0 Å². The van der Waals surface area contributed by atoms with Gasteiger partial charge in [0.15, 0.2) is 16.5 Å². The van der Waals surface area contributed by atoms with E-state index in [0.29, 0.717) is 34.0 Å². The predicted octanol–water partition coefficient (Wildman–Crippen LogP) is 5.30. The summed E-state index contributed by atoms with van der Waals surface area (Å²) in [4.78, 5) is 18.4. The second kappa shape index (κ2) is 9.72. The van der Waals surface area contributed by atoms with Gasteiger partial charge >= 0.3 is 0 Å². The van der Waals surface area contributed by atoms with Crippen LogP contribution in [-0.2, 0) is 13.0 Å². The van der Waals surface area contributed by atoms with Crippen LogP contribution in [0.1, 0.15) is 23.6 Å². The van der Waals surface area contributed by atoms with E-state index in [1.165, 1.54) is 23.5 Å². The van der Waals surface area contributed by atoms with Crippen molar-refractivity contribution in [1.29, 1.82) is 0 Å². The summed E-state index contributed by atoms with van der Waals surface area (Å²) in [5, 5.41) is 0. The molecule has 0 saturated carbocycles. The SMILES string of the molecule is C=CCc1cc(C=c2sc3nc4ccccc4n3c2=O)cc(OCC)c1OCc1ccc(F)cc1. The van der Waals surface area contributed by atoms with Gasteiger partial charge in [-0.2, -0.15) is 0 Å². The first-order valence-corrected chi connectivity index (χ1v) is 12.1. The molecule has 35 heavy (non-hydrogen) atoms. The molecule has 2 aromatic heterocycles. The molecule has 5 aromatic rings. The lowest BCUT2D eigenvalue weighted by atomic mass is 10.1. The Morgan fingerprint density at radius 3 is 2.69 bits per heavy atom. The quantitative estimate of drug-likeness (QED) is 0.279. The molecular weight excluding hydrogens is 463 g/mol. The van der Waals surface area contributed by atoms with Crippen LogP contribution in [0.15, 0.2) is 78.1 Å². The molecular formula is C28H23FN2O3S. The highest BCUT2D eigenvalue weighted by atomic mass is 32.1. The van der Waals surface area contributed by atoms with Gasteiger partial charge in [0, 0.05) is 5.56 Å². The molecule has 176 valence electrons. The number of thiazole rings is 1. The average molecular weight is 487 g/mol. The van der Waals surface area contributed by atoms with Gasteiger partial charge in [0.05, 0.1) is 22.2 Å². The Bertz CT molecular complexity index is 1640. The molecule has 2 heterocycles. The number of ether oxygens (including phenoxy) is 2. The Labute approximate surface area is 205 Å². The van der Waals surface area contributed by atoms with Gasteiger partial charge in [-0.1, -0.05) is 41.7 Å². The average Bonchev–Trinajstić information content (AvgIpc) is 3.36. The van der Waals surface area contributed by atoms with E-state index < -0.39 is 0 Å². The van der Waals surface area contributed by atoms with E-state index in [2.05, 4.69) is 11.6 Å². The second-order valence-electron chi connectivity index (χ2n) is 7.98. The third kappa shape index (κ3) is 4.55. The second-order valence-corrected chi connectivity index (χ2v) is 8.99. The Hall–Kier alpha value is -3.97. The minimum absolute atomic E-state index is 0.0985. The normalized spacial score (nSPS) is 11.9. The summed E-state index contributed by atoms with van der Waals surface area (Å²) in [5.74, 6) is 0.907. The number of halogens is 1. The summed E-state index contributed by atoms with van der Waals surface area (Å²) in [6, 6.07) is 17.7. The lowest BCUT2D eigenvalue weighted by Crippen LogP contribution is -2.22. The van der Waals surface area contributed by atoms with Crippen LogP contribution in [0, 0.1) is 5.82 Å². The number of para-hydroxylation sites is 2. The number of aromatic nitrogens is 2. The van der Waals surface area contributed by atoms with Gasteiger partial charge in [-0.15, -0.1) is 6.58 Å². The molecule has 0 aliphatic heterocycles. The molecule has 3 aromatic carbocycles. The van der Waals surface area contributed by atoms with Gasteiger partial charge in [-0.25, -0.2) is 13.8 Å². The van der Waals surface area contributed by atoms with Gasteiger partial charge in [-0.3, -0.25) is 4.79 Å². The molecule has 0 aliphatic rings. The highest BCUT2D eigenvalue weighted by Gasteiger charge is 2.15. The number of nitrogens with zero attached hydrogens (tertiary/aromatic N) is 2. The minimum atomic E-state index is -0.289. The van der Waals surface area contributed by atoms with Crippen LogP contribution in [-0.4, -0.2) is 16.0 Å². The molecule has 0 radical (unpaired) electrons. The van der Waals surface area contributed by atoms with Gasteiger partial charge < -0.3 is 9.47 Å². The van der Waals surface area contributed by atoms with E-state index >= 15 is 0 Å². The third-order valence-electron chi connectivity index (χ3n) is 5.56. The van der Waals surface area contributed by atoms with Crippen molar-refractivity contribution in [2.75, 3.05) is 6.61 Å².